The lowest BCUT2D eigenvalue weighted by atomic mass is 10.00. The molecule has 0 amide bonds. The summed E-state index contributed by atoms with van der Waals surface area (Å²) in [5.74, 6) is 1.20. The van der Waals surface area contributed by atoms with Crippen LogP contribution in [0.2, 0.25) is 0 Å². The summed E-state index contributed by atoms with van der Waals surface area (Å²) in [6, 6.07) is 15.1. The van der Waals surface area contributed by atoms with E-state index in [-0.39, 0.29) is 0 Å². The third-order valence-corrected chi connectivity index (χ3v) is 4.57. The Bertz CT molecular complexity index is 956. The number of fused-ring (bicyclic) bond motifs is 1. The van der Waals surface area contributed by atoms with E-state index in [1.807, 2.05) is 12.1 Å². The first-order valence-electron chi connectivity index (χ1n) is 8.57. The smallest absolute Gasteiger partial charge is 0.352 e. The van der Waals surface area contributed by atoms with Crippen LogP contribution >= 0.6 is 0 Å². The van der Waals surface area contributed by atoms with Crippen molar-refractivity contribution in [1.82, 2.24) is 9.97 Å². The Morgan fingerprint density at radius 3 is 2.56 bits per heavy atom. The Morgan fingerprint density at radius 2 is 1.74 bits per heavy atom. The second-order valence-electron chi connectivity index (χ2n) is 6.41. The molecule has 0 saturated carbocycles. The molecular weight excluding hydrogens is 353 g/mol. The highest BCUT2D eigenvalue weighted by Crippen LogP contribution is 2.31. The number of halogens is 3. The number of anilines is 3. The fourth-order valence-electron chi connectivity index (χ4n) is 3.20. The van der Waals surface area contributed by atoms with Gasteiger partial charge in [-0.05, 0) is 35.7 Å². The van der Waals surface area contributed by atoms with Gasteiger partial charge in [0.05, 0.1) is 5.56 Å². The zero-order valence-corrected chi connectivity index (χ0v) is 14.4. The van der Waals surface area contributed by atoms with Crippen LogP contribution in [0.4, 0.5) is 30.5 Å². The highest BCUT2D eigenvalue weighted by Gasteiger charge is 2.30. The number of aromatic nitrogens is 2. The maximum Gasteiger partial charge on any atom is 0.416 e. The highest BCUT2D eigenvalue weighted by molar-refractivity contribution is 5.60. The van der Waals surface area contributed by atoms with Crippen LogP contribution in [0.25, 0.3) is 0 Å². The largest absolute Gasteiger partial charge is 0.416 e. The number of nitrogens with one attached hydrogen (secondary N) is 1. The average Bonchev–Trinajstić information content (AvgIpc) is 2.67. The van der Waals surface area contributed by atoms with Crippen LogP contribution in [0.1, 0.15) is 16.7 Å². The molecule has 1 aromatic heterocycles. The van der Waals surface area contributed by atoms with Crippen LogP contribution < -0.4 is 10.2 Å². The number of benzene rings is 2. The van der Waals surface area contributed by atoms with E-state index in [2.05, 4.69) is 32.3 Å². The van der Waals surface area contributed by atoms with Crippen LogP contribution in [-0.4, -0.2) is 16.5 Å². The van der Waals surface area contributed by atoms with Crippen molar-refractivity contribution in [2.75, 3.05) is 16.8 Å². The first-order valence-corrected chi connectivity index (χ1v) is 8.57. The molecule has 0 atom stereocenters. The van der Waals surface area contributed by atoms with Gasteiger partial charge < -0.3 is 10.2 Å². The van der Waals surface area contributed by atoms with E-state index in [4.69, 9.17) is 0 Å². The molecule has 0 radical (unpaired) electrons. The van der Waals surface area contributed by atoms with Crippen LogP contribution in [0, 0.1) is 0 Å². The second kappa shape index (κ2) is 6.90. The topological polar surface area (TPSA) is 41.0 Å². The monoisotopic (exact) mass is 370 g/mol. The van der Waals surface area contributed by atoms with Gasteiger partial charge in [-0.15, -0.1) is 0 Å². The molecule has 1 N–H and O–H groups in total. The number of rotatable bonds is 3. The fraction of sp³-hybridized carbons (Fsp3) is 0.200. The molecule has 0 bridgehead atoms. The quantitative estimate of drug-likeness (QED) is 0.719. The lowest BCUT2D eigenvalue weighted by molar-refractivity contribution is -0.137. The maximum absolute atomic E-state index is 12.9. The summed E-state index contributed by atoms with van der Waals surface area (Å²) in [5, 5.41) is 2.94. The summed E-state index contributed by atoms with van der Waals surface area (Å²) in [4.78, 5) is 10.6. The molecule has 138 valence electrons. The summed E-state index contributed by atoms with van der Waals surface area (Å²) >= 11 is 0. The van der Waals surface area contributed by atoms with Gasteiger partial charge in [-0.3, -0.25) is 0 Å². The Kier molecular flexibility index (Phi) is 4.43. The van der Waals surface area contributed by atoms with E-state index in [1.54, 1.807) is 12.1 Å². The second-order valence-corrected chi connectivity index (χ2v) is 6.41. The van der Waals surface area contributed by atoms with Crippen molar-refractivity contribution < 1.29 is 13.2 Å². The number of hydrogen-bond acceptors (Lipinski definition) is 4. The van der Waals surface area contributed by atoms with E-state index in [0.29, 0.717) is 11.5 Å². The molecule has 4 nitrogen and oxygen atoms in total. The third-order valence-electron chi connectivity index (χ3n) is 4.57. The molecule has 3 aromatic rings. The minimum absolute atomic E-state index is 0.332. The SMILES string of the molecule is FC(F)(F)c1cccc(Nc2cc(N3CCc4ccccc4C3)ncn2)c1. The molecule has 1 aliphatic heterocycles. The van der Waals surface area contributed by atoms with E-state index in [1.165, 1.54) is 23.5 Å². The minimum Gasteiger partial charge on any atom is -0.352 e. The van der Waals surface area contributed by atoms with Gasteiger partial charge in [0.15, 0.2) is 0 Å². The Hall–Kier alpha value is -3.09. The van der Waals surface area contributed by atoms with Gasteiger partial charge in [0, 0.05) is 24.8 Å². The molecule has 0 fully saturated rings. The van der Waals surface area contributed by atoms with Crippen molar-refractivity contribution in [2.45, 2.75) is 19.1 Å². The van der Waals surface area contributed by atoms with Gasteiger partial charge in [-0.1, -0.05) is 30.3 Å². The van der Waals surface area contributed by atoms with Gasteiger partial charge in [0.25, 0.3) is 0 Å². The van der Waals surface area contributed by atoms with Crippen molar-refractivity contribution in [3.05, 3.63) is 77.6 Å². The predicted octanol–water partition coefficient (Wildman–Crippen LogP) is 4.80. The van der Waals surface area contributed by atoms with Crippen molar-refractivity contribution in [1.29, 1.82) is 0 Å². The standard InChI is InChI=1S/C20H17F3N4/c21-20(22,23)16-6-3-7-17(10-16)26-18-11-19(25-13-24-18)27-9-8-14-4-1-2-5-15(14)12-27/h1-7,10-11,13H,8-9,12H2,(H,24,25,26). The van der Waals surface area contributed by atoms with Crippen LogP contribution in [0.15, 0.2) is 60.9 Å². The fourth-order valence-corrected chi connectivity index (χ4v) is 3.20. The zero-order valence-electron chi connectivity index (χ0n) is 14.4. The Balaban J connectivity index is 1.54. The average molecular weight is 370 g/mol. The molecule has 0 spiro atoms. The lowest BCUT2D eigenvalue weighted by Gasteiger charge is -2.29. The first-order chi connectivity index (χ1) is 13.0. The van der Waals surface area contributed by atoms with Crippen LogP contribution in [-0.2, 0) is 19.1 Å². The Labute approximate surface area is 154 Å². The normalized spacial score (nSPS) is 14.0. The van der Waals surface area contributed by atoms with E-state index < -0.39 is 11.7 Å². The van der Waals surface area contributed by atoms with Crippen LogP contribution in [0.3, 0.4) is 0 Å². The van der Waals surface area contributed by atoms with Crippen molar-refractivity contribution in [3.63, 3.8) is 0 Å². The summed E-state index contributed by atoms with van der Waals surface area (Å²) in [7, 11) is 0. The van der Waals surface area contributed by atoms with E-state index in [0.717, 1.165) is 37.5 Å². The highest BCUT2D eigenvalue weighted by atomic mass is 19.4. The maximum atomic E-state index is 12.9. The molecular formula is C20H17F3N4. The van der Waals surface area contributed by atoms with Gasteiger partial charge in [0.1, 0.15) is 18.0 Å². The summed E-state index contributed by atoms with van der Waals surface area (Å²) in [5.41, 5.74) is 2.23. The lowest BCUT2D eigenvalue weighted by Crippen LogP contribution is -2.31. The number of nitrogens with zero attached hydrogens (tertiary/aromatic N) is 3. The molecule has 7 heteroatoms. The van der Waals surface area contributed by atoms with Gasteiger partial charge >= 0.3 is 6.18 Å². The molecule has 2 aromatic carbocycles. The number of hydrogen-bond donors (Lipinski definition) is 1. The molecule has 4 rings (SSSR count). The van der Waals surface area contributed by atoms with Crippen molar-refractivity contribution >= 4 is 17.3 Å². The minimum atomic E-state index is -4.38. The van der Waals surface area contributed by atoms with E-state index >= 15 is 0 Å². The molecule has 1 aliphatic rings. The van der Waals surface area contributed by atoms with Crippen molar-refractivity contribution in [3.8, 4) is 0 Å². The third kappa shape index (κ3) is 3.86. The zero-order chi connectivity index (χ0) is 18.9. The predicted molar refractivity (Wildman–Crippen MR) is 98.0 cm³/mol. The van der Waals surface area contributed by atoms with Gasteiger partial charge in [-0.25, -0.2) is 9.97 Å². The summed E-state index contributed by atoms with van der Waals surface area (Å²) in [6.07, 6.45) is -2.03. The van der Waals surface area contributed by atoms with Crippen molar-refractivity contribution in [2.24, 2.45) is 0 Å². The molecule has 0 aliphatic carbocycles. The van der Waals surface area contributed by atoms with Gasteiger partial charge in [-0.2, -0.15) is 13.2 Å². The Morgan fingerprint density at radius 1 is 0.926 bits per heavy atom. The first kappa shape index (κ1) is 17.3. The van der Waals surface area contributed by atoms with Crippen LogP contribution in [0.5, 0.6) is 0 Å². The molecule has 27 heavy (non-hydrogen) atoms. The molecule has 0 unspecified atom stereocenters. The van der Waals surface area contributed by atoms with E-state index in [9.17, 15) is 13.2 Å². The van der Waals surface area contributed by atoms with Gasteiger partial charge in [0.2, 0.25) is 0 Å². The molecule has 0 saturated heterocycles. The summed E-state index contributed by atoms with van der Waals surface area (Å²) in [6.45, 7) is 1.58. The molecule has 2 heterocycles. The summed E-state index contributed by atoms with van der Waals surface area (Å²) < 4.78 is 38.6. The number of alkyl halides is 3.